The maximum absolute atomic E-state index is 12.8. The third-order valence-electron chi connectivity index (χ3n) is 4.90. The van der Waals surface area contributed by atoms with Crippen molar-refractivity contribution in [3.8, 4) is 5.82 Å². The van der Waals surface area contributed by atoms with E-state index < -0.39 is 0 Å². The largest absolute Gasteiger partial charge is 0.349 e. The molecule has 3 aromatic rings. The molecule has 1 atom stereocenters. The van der Waals surface area contributed by atoms with Gasteiger partial charge in [0, 0.05) is 30.8 Å². The molecule has 27 heavy (non-hydrogen) atoms. The minimum absolute atomic E-state index is 0.00538. The summed E-state index contributed by atoms with van der Waals surface area (Å²) in [5.41, 5.74) is 1.50. The summed E-state index contributed by atoms with van der Waals surface area (Å²) < 4.78 is 1.27. The van der Waals surface area contributed by atoms with Crippen molar-refractivity contribution in [1.82, 2.24) is 24.6 Å². The predicted octanol–water partition coefficient (Wildman–Crippen LogP) is 2.28. The summed E-state index contributed by atoms with van der Waals surface area (Å²) in [7, 11) is 0. The molecule has 7 nitrogen and oxygen atoms in total. The van der Waals surface area contributed by atoms with E-state index in [4.69, 9.17) is 0 Å². The number of nitrogens with zero attached hydrogens (tertiary/aromatic N) is 4. The molecule has 1 fully saturated rings. The normalized spacial score (nSPS) is 17.1. The molecule has 0 bridgehead atoms. The van der Waals surface area contributed by atoms with Crippen LogP contribution in [-0.4, -0.2) is 43.6 Å². The van der Waals surface area contributed by atoms with Crippen molar-refractivity contribution >= 4 is 5.91 Å². The zero-order chi connectivity index (χ0) is 18.8. The van der Waals surface area contributed by atoms with Gasteiger partial charge in [-0.15, -0.1) is 5.10 Å². The van der Waals surface area contributed by atoms with Crippen molar-refractivity contribution in [3.05, 3.63) is 76.1 Å². The third kappa shape index (κ3) is 3.53. The highest BCUT2D eigenvalue weighted by Crippen LogP contribution is 2.25. The smallest absolute Gasteiger partial charge is 0.338 e. The lowest BCUT2D eigenvalue weighted by Crippen LogP contribution is -2.39. The molecule has 0 saturated carbocycles. The van der Waals surface area contributed by atoms with Gasteiger partial charge in [0.2, 0.25) is 0 Å². The molecule has 1 amide bonds. The number of pyridine rings is 1. The Hall–Kier alpha value is -3.22. The van der Waals surface area contributed by atoms with Crippen molar-refractivity contribution in [1.29, 1.82) is 0 Å². The molecule has 2 aromatic heterocycles. The van der Waals surface area contributed by atoms with Gasteiger partial charge in [-0.2, -0.15) is 4.68 Å². The highest BCUT2D eigenvalue weighted by molar-refractivity contribution is 5.94. The van der Waals surface area contributed by atoms with E-state index in [1.54, 1.807) is 18.3 Å². The molecular weight excluding hydrogens is 342 g/mol. The lowest BCUT2D eigenvalue weighted by atomic mass is 9.96. The zero-order valence-corrected chi connectivity index (χ0v) is 15.1. The minimum atomic E-state index is -0.314. The van der Waals surface area contributed by atoms with E-state index in [2.05, 4.69) is 15.1 Å². The topological polar surface area (TPSA) is 83.9 Å². The van der Waals surface area contributed by atoms with Gasteiger partial charge in [-0.3, -0.25) is 9.78 Å². The Morgan fingerprint density at radius 3 is 2.74 bits per heavy atom. The quantitative estimate of drug-likeness (QED) is 0.774. The van der Waals surface area contributed by atoms with Crippen molar-refractivity contribution < 1.29 is 4.79 Å². The Kier molecular flexibility index (Phi) is 4.58. The fourth-order valence-electron chi connectivity index (χ4n) is 3.42. The van der Waals surface area contributed by atoms with Crippen LogP contribution in [-0.2, 0) is 0 Å². The SMILES string of the molecule is Cc1ccc(C(=O)N2CCCC(c3nn(-c4ccccn4)c(=O)[nH]3)C2)cc1. The first-order valence-electron chi connectivity index (χ1n) is 9.08. The van der Waals surface area contributed by atoms with Crippen molar-refractivity contribution in [3.63, 3.8) is 0 Å². The number of carbonyl (C=O) groups excluding carboxylic acids is 1. The molecule has 1 unspecified atom stereocenters. The van der Waals surface area contributed by atoms with Gasteiger partial charge in [0.1, 0.15) is 5.82 Å². The molecule has 4 rings (SSSR count). The van der Waals surface area contributed by atoms with E-state index in [1.807, 2.05) is 42.2 Å². The number of aromatic nitrogens is 4. The maximum Gasteiger partial charge on any atom is 0.349 e. The van der Waals surface area contributed by atoms with Crippen LogP contribution in [0.4, 0.5) is 0 Å². The van der Waals surface area contributed by atoms with Gasteiger partial charge >= 0.3 is 5.69 Å². The number of piperidine rings is 1. The van der Waals surface area contributed by atoms with Crippen molar-refractivity contribution in [2.75, 3.05) is 13.1 Å². The van der Waals surface area contributed by atoms with Gasteiger partial charge in [0.05, 0.1) is 0 Å². The van der Waals surface area contributed by atoms with Crippen molar-refractivity contribution in [2.24, 2.45) is 0 Å². The second-order valence-electron chi connectivity index (χ2n) is 6.87. The van der Waals surface area contributed by atoms with Crippen LogP contribution in [0, 0.1) is 6.92 Å². The molecule has 1 aromatic carbocycles. The summed E-state index contributed by atoms with van der Waals surface area (Å²) in [5, 5.41) is 4.43. The minimum Gasteiger partial charge on any atom is -0.338 e. The molecule has 3 heterocycles. The maximum atomic E-state index is 12.8. The molecule has 138 valence electrons. The van der Waals surface area contributed by atoms with Crippen LogP contribution in [0.3, 0.4) is 0 Å². The summed E-state index contributed by atoms with van der Waals surface area (Å²) >= 11 is 0. The van der Waals surface area contributed by atoms with Crippen LogP contribution in [0.25, 0.3) is 5.82 Å². The molecule has 1 aliphatic rings. The number of nitrogens with one attached hydrogen (secondary N) is 1. The van der Waals surface area contributed by atoms with Crippen LogP contribution in [0.15, 0.2) is 53.5 Å². The Morgan fingerprint density at radius 1 is 1.19 bits per heavy atom. The number of amides is 1. The van der Waals surface area contributed by atoms with Gasteiger partial charge < -0.3 is 4.90 Å². The summed E-state index contributed by atoms with van der Waals surface area (Å²) in [6, 6.07) is 12.9. The van der Waals surface area contributed by atoms with Gasteiger partial charge in [-0.1, -0.05) is 23.8 Å². The van der Waals surface area contributed by atoms with Crippen molar-refractivity contribution in [2.45, 2.75) is 25.7 Å². The molecule has 1 aliphatic heterocycles. The standard InChI is InChI=1S/C20H21N5O2/c1-14-7-9-15(10-8-14)19(26)24-12-4-5-16(13-24)18-22-20(27)25(23-18)17-6-2-3-11-21-17/h2-3,6-11,16H,4-5,12-13H2,1H3,(H,22,23,27). The Bertz CT molecular complexity index is 991. The summed E-state index contributed by atoms with van der Waals surface area (Å²) in [5.74, 6) is 1.11. The first-order valence-corrected chi connectivity index (χ1v) is 9.08. The van der Waals surface area contributed by atoms with E-state index in [-0.39, 0.29) is 17.5 Å². The third-order valence-corrected chi connectivity index (χ3v) is 4.90. The van der Waals surface area contributed by atoms with Gasteiger partial charge in [0.25, 0.3) is 5.91 Å². The summed E-state index contributed by atoms with van der Waals surface area (Å²) in [6.45, 7) is 3.26. The van der Waals surface area contributed by atoms with Gasteiger partial charge in [-0.05, 0) is 44.0 Å². The first-order chi connectivity index (χ1) is 13.1. The number of aromatic amines is 1. The Morgan fingerprint density at radius 2 is 2.00 bits per heavy atom. The van der Waals surface area contributed by atoms with Crippen LogP contribution < -0.4 is 5.69 Å². The van der Waals surface area contributed by atoms with E-state index >= 15 is 0 Å². The average molecular weight is 363 g/mol. The van der Waals surface area contributed by atoms with Gasteiger partial charge in [-0.25, -0.2) is 9.78 Å². The van der Waals surface area contributed by atoms with Crippen LogP contribution in [0.1, 0.15) is 40.5 Å². The van der Waals surface area contributed by atoms with Gasteiger partial charge in [0.15, 0.2) is 5.82 Å². The second-order valence-corrected chi connectivity index (χ2v) is 6.87. The molecule has 0 aliphatic carbocycles. The van der Waals surface area contributed by atoms with E-state index in [0.29, 0.717) is 30.3 Å². The molecule has 0 radical (unpaired) electrons. The van der Waals surface area contributed by atoms with E-state index in [1.165, 1.54) is 4.68 Å². The zero-order valence-electron chi connectivity index (χ0n) is 15.1. The lowest BCUT2D eigenvalue weighted by molar-refractivity contribution is 0.0704. The number of rotatable bonds is 3. The summed E-state index contributed by atoms with van der Waals surface area (Å²) in [6.07, 6.45) is 3.38. The number of benzene rings is 1. The first kappa shape index (κ1) is 17.2. The van der Waals surface area contributed by atoms with E-state index in [9.17, 15) is 9.59 Å². The molecule has 7 heteroatoms. The second kappa shape index (κ2) is 7.19. The fourth-order valence-corrected chi connectivity index (χ4v) is 3.42. The fraction of sp³-hybridized carbons (Fsp3) is 0.300. The number of likely N-dealkylation sites (tertiary alicyclic amines) is 1. The summed E-state index contributed by atoms with van der Waals surface area (Å²) in [4.78, 5) is 33.9. The number of carbonyl (C=O) groups is 1. The number of H-pyrrole nitrogens is 1. The highest BCUT2D eigenvalue weighted by atomic mass is 16.2. The number of hydrogen-bond donors (Lipinski definition) is 1. The molecule has 0 spiro atoms. The Labute approximate surface area is 156 Å². The van der Waals surface area contributed by atoms with Crippen LogP contribution in [0.2, 0.25) is 0 Å². The number of hydrogen-bond acceptors (Lipinski definition) is 4. The highest BCUT2D eigenvalue weighted by Gasteiger charge is 2.28. The average Bonchev–Trinajstić information content (AvgIpc) is 3.10. The lowest BCUT2D eigenvalue weighted by Gasteiger charge is -2.31. The predicted molar refractivity (Wildman–Crippen MR) is 101 cm³/mol. The number of aryl methyl sites for hydroxylation is 1. The molecule has 1 saturated heterocycles. The van der Waals surface area contributed by atoms with Crippen LogP contribution in [0.5, 0.6) is 0 Å². The Balaban J connectivity index is 1.54. The monoisotopic (exact) mass is 363 g/mol. The van der Waals surface area contributed by atoms with E-state index in [0.717, 1.165) is 18.4 Å². The molecular formula is C20H21N5O2. The van der Waals surface area contributed by atoms with Crippen LogP contribution >= 0.6 is 0 Å². The molecule has 1 N–H and O–H groups in total.